The van der Waals surface area contributed by atoms with Gasteiger partial charge in [-0.2, -0.15) is 0 Å². The van der Waals surface area contributed by atoms with Crippen LogP contribution in [0.2, 0.25) is 0 Å². The molecule has 1 aliphatic heterocycles. The number of halogens is 2. The number of allylic oxidation sites excluding steroid dienone is 1. The highest BCUT2D eigenvalue weighted by Crippen LogP contribution is 2.31. The molecule has 1 aromatic carbocycles. The smallest absolute Gasteiger partial charge is 0.319 e. The van der Waals surface area contributed by atoms with Gasteiger partial charge in [0.15, 0.2) is 0 Å². The van der Waals surface area contributed by atoms with Crippen LogP contribution in [0.5, 0.6) is 0 Å². The van der Waals surface area contributed by atoms with Gasteiger partial charge in [0.25, 0.3) is 5.91 Å². The lowest BCUT2D eigenvalue weighted by atomic mass is 9.93. The molecule has 1 heterocycles. The van der Waals surface area contributed by atoms with E-state index in [4.69, 9.17) is 0 Å². The lowest BCUT2D eigenvalue weighted by Crippen LogP contribution is -2.48. The molecule has 0 bridgehead atoms. The molecule has 3 amide bonds. The zero-order valence-electron chi connectivity index (χ0n) is 13.2. The van der Waals surface area contributed by atoms with E-state index in [1.807, 2.05) is 13.8 Å². The van der Waals surface area contributed by atoms with Gasteiger partial charge < -0.3 is 15.5 Å². The van der Waals surface area contributed by atoms with Gasteiger partial charge in [0.1, 0.15) is 11.6 Å². The van der Waals surface area contributed by atoms with E-state index in [2.05, 4.69) is 10.6 Å². The maximum Gasteiger partial charge on any atom is 0.319 e. The Labute approximate surface area is 133 Å². The van der Waals surface area contributed by atoms with Crippen molar-refractivity contribution in [3.05, 3.63) is 46.7 Å². The summed E-state index contributed by atoms with van der Waals surface area (Å²) in [5, 5.41) is 4.93. The predicted molar refractivity (Wildman–Crippen MR) is 81.4 cm³/mol. The number of nitrogens with zero attached hydrogens (tertiary/aromatic N) is 1. The largest absolute Gasteiger partial charge is 0.339 e. The third-order valence-electron chi connectivity index (χ3n) is 3.84. The van der Waals surface area contributed by atoms with Crippen LogP contribution in [0.1, 0.15) is 32.4 Å². The van der Waals surface area contributed by atoms with Crippen molar-refractivity contribution in [2.45, 2.75) is 26.8 Å². The van der Waals surface area contributed by atoms with Crippen LogP contribution in [-0.4, -0.2) is 29.9 Å². The summed E-state index contributed by atoms with van der Waals surface area (Å²) in [6.45, 7) is 6.07. The summed E-state index contributed by atoms with van der Waals surface area (Å²) in [4.78, 5) is 26.0. The summed E-state index contributed by atoms with van der Waals surface area (Å²) in [6.07, 6.45) is 0. The van der Waals surface area contributed by atoms with Crippen LogP contribution >= 0.6 is 0 Å². The predicted octanol–water partition coefficient (Wildman–Crippen LogP) is 2.46. The highest BCUT2D eigenvalue weighted by Gasteiger charge is 2.35. The summed E-state index contributed by atoms with van der Waals surface area (Å²) in [5.41, 5.74) is 0.0906. The normalized spacial score (nSPS) is 17.6. The van der Waals surface area contributed by atoms with Gasteiger partial charge in [-0.1, -0.05) is 6.07 Å². The Bertz CT molecular complexity index is 649. The molecular weight excluding hydrogens is 304 g/mol. The maximum atomic E-state index is 14.1. The first-order chi connectivity index (χ1) is 10.9. The Morgan fingerprint density at radius 1 is 1.22 bits per heavy atom. The molecular formula is C16H19F2N3O2. The Hall–Kier alpha value is -2.44. The Kier molecular flexibility index (Phi) is 4.98. The van der Waals surface area contributed by atoms with Crippen molar-refractivity contribution < 1.29 is 18.4 Å². The van der Waals surface area contributed by atoms with E-state index in [1.54, 1.807) is 6.92 Å². The van der Waals surface area contributed by atoms with E-state index in [0.717, 1.165) is 12.1 Å². The van der Waals surface area contributed by atoms with Crippen LogP contribution in [0.4, 0.5) is 13.6 Å². The molecule has 0 fully saturated rings. The van der Waals surface area contributed by atoms with Gasteiger partial charge in [0.05, 0.1) is 17.2 Å². The third kappa shape index (κ3) is 3.18. The molecule has 1 atom stereocenters. The Morgan fingerprint density at radius 2 is 1.78 bits per heavy atom. The van der Waals surface area contributed by atoms with Crippen molar-refractivity contribution >= 4 is 11.9 Å². The molecule has 2 rings (SSSR count). The number of carbonyl (C=O) groups is 2. The monoisotopic (exact) mass is 323 g/mol. The third-order valence-corrected chi connectivity index (χ3v) is 3.84. The summed E-state index contributed by atoms with van der Waals surface area (Å²) in [6, 6.07) is 1.66. The first-order valence-electron chi connectivity index (χ1n) is 7.42. The summed E-state index contributed by atoms with van der Waals surface area (Å²) in [5.74, 6) is -1.99. The number of hydrogen-bond donors (Lipinski definition) is 2. The summed E-state index contributed by atoms with van der Waals surface area (Å²) >= 11 is 0. The molecule has 0 aliphatic carbocycles. The average molecular weight is 323 g/mol. The fourth-order valence-electron chi connectivity index (χ4n) is 2.66. The maximum absolute atomic E-state index is 14.1. The van der Waals surface area contributed by atoms with Crippen molar-refractivity contribution in [2.75, 3.05) is 13.1 Å². The number of carbonyl (C=O) groups excluding carboxylic acids is 2. The number of hydrogen-bond acceptors (Lipinski definition) is 2. The Morgan fingerprint density at radius 3 is 2.30 bits per heavy atom. The van der Waals surface area contributed by atoms with Gasteiger partial charge >= 0.3 is 6.03 Å². The minimum absolute atomic E-state index is 0.136. The molecule has 5 nitrogen and oxygen atoms in total. The molecule has 23 heavy (non-hydrogen) atoms. The summed E-state index contributed by atoms with van der Waals surface area (Å²) < 4.78 is 28.3. The fraction of sp³-hybridized carbons (Fsp3) is 0.375. The molecule has 124 valence electrons. The molecule has 0 unspecified atom stereocenters. The second-order valence-corrected chi connectivity index (χ2v) is 5.18. The molecule has 0 saturated heterocycles. The van der Waals surface area contributed by atoms with Gasteiger partial charge in [0, 0.05) is 18.8 Å². The second kappa shape index (κ2) is 6.76. The minimum Gasteiger partial charge on any atom is -0.339 e. The first kappa shape index (κ1) is 16.9. The number of rotatable bonds is 4. The van der Waals surface area contributed by atoms with Crippen LogP contribution in [0.3, 0.4) is 0 Å². The van der Waals surface area contributed by atoms with Crippen molar-refractivity contribution in [1.82, 2.24) is 15.5 Å². The van der Waals surface area contributed by atoms with E-state index in [-0.39, 0.29) is 17.0 Å². The molecule has 2 N–H and O–H groups in total. The molecule has 0 spiro atoms. The van der Waals surface area contributed by atoms with E-state index in [1.165, 1.54) is 11.0 Å². The summed E-state index contributed by atoms with van der Waals surface area (Å²) in [7, 11) is 0. The minimum atomic E-state index is -1.17. The second-order valence-electron chi connectivity index (χ2n) is 5.18. The van der Waals surface area contributed by atoms with Gasteiger partial charge in [-0.3, -0.25) is 4.79 Å². The van der Waals surface area contributed by atoms with E-state index < -0.39 is 23.7 Å². The van der Waals surface area contributed by atoms with E-state index >= 15 is 0 Å². The quantitative estimate of drug-likeness (QED) is 0.894. The van der Waals surface area contributed by atoms with Crippen LogP contribution in [0, 0.1) is 11.6 Å². The average Bonchev–Trinajstić information content (AvgIpc) is 2.47. The van der Waals surface area contributed by atoms with E-state index in [9.17, 15) is 18.4 Å². The topological polar surface area (TPSA) is 61.4 Å². The number of urea groups is 1. The first-order valence-corrected chi connectivity index (χ1v) is 7.42. The molecule has 0 saturated carbocycles. The highest BCUT2D eigenvalue weighted by atomic mass is 19.1. The fourth-order valence-corrected chi connectivity index (χ4v) is 2.66. The standard InChI is InChI=1S/C16H19F2N3O2/c1-4-21(5-2)15(22)12-9(3)19-16(23)20-14(12)13-10(17)7-6-8-11(13)18/h6-8,14H,4-5H2,1-3H3,(H2,19,20,23)/t14-/m1/s1. The molecule has 1 aromatic rings. The van der Waals surface area contributed by atoms with Crippen molar-refractivity contribution in [1.29, 1.82) is 0 Å². The number of amides is 3. The zero-order valence-corrected chi connectivity index (χ0v) is 13.2. The Balaban J connectivity index is 2.57. The lowest BCUT2D eigenvalue weighted by molar-refractivity contribution is -0.127. The van der Waals surface area contributed by atoms with Crippen molar-refractivity contribution in [2.24, 2.45) is 0 Å². The SMILES string of the molecule is CCN(CC)C(=O)C1=C(C)NC(=O)N[C@H]1c1c(F)cccc1F. The van der Waals surface area contributed by atoms with Gasteiger partial charge in [0.2, 0.25) is 0 Å². The zero-order chi connectivity index (χ0) is 17.1. The van der Waals surface area contributed by atoms with Crippen LogP contribution in [0.15, 0.2) is 29.5 Å². The highest BCUT2D eigenvalue weighted by molar-refractivity contribution is 5.98. The molecule has 0 radical (unpaired) electrons. The van der Waals surface area contributed by atoms with E-state index in [0.29, 0.717) is 18.8 Å². The van der Waals surface area contributed by atoms with Gasteiger partial charge in [-0.05, 0) is 32.9 Å². The lowest BCUT2D eigenvalue weighted by Gasteiger charge is -2.31. The molecule has 0 aromatic heterocycles. The number of nitrogens with one attached hydrogen (secondary N) is 2. The van der Waals surface area contributed by atoms with Crippen LogP contribution in [-0.2, 0) is 4.79 Å². The van der Waals surface area contributed by atoms with Crippen LogP contribution < -0.4 is 10.6 Å². The van der Waals surface area contributed by atoms with Crippen LogP contribution in [0.25, 0.3) is 0 Å². The van der Waals surface area contributed by atoms with Crippen molar-refractivity contribution in [3.63, 3.8) is 0 Å². The van der Waals surface area contributed by atoms with Gasteiger partial charge in [-0.15, -0.1) is 0 Å². The molecule has 7 heteroatoms. The number of likely N-dealkylation sites (N-methyl/N-ethyl adjacent to an activating group) is 1. The molecule has 1 aliphatic rings. The number of benzene rings is 1. The van der Waals surface area contributed by atoms with Crippen molar-refractivity contribution in [3.8, 4) is 0 Å². The van der Waals surface area contributed by atoms with Gasteiger partial charge in [-0.25, -0.2) is 13.6 Å².